The Kier molecular flexibility index (Phi) is 8.37. The van der Waals surface area contributed by atoms with Gasteiger partial charge in [-0.25, -0.2) is 4.39 Å². The highest BCUT2D eigenvalue weighted by Crippen LogP contribution is 2.38. The minimum atomic E-state index is -4.58. The lowest BCUT2D eigenvalue weighted by molar-refractivity contribution is -0.150. The summed E-state index contributed by atoms with van der Waals surface area (Å²) in [6, 6.07) is 12.7. The van der Waals surface area contributed by atoms with Crippen LogP contribution in [0.5, 0.6) is 0 Å². The van der Waals surface area contributed by atoms with Crippen LogP contribution in [0.2, 0.25) is 0 Å². The van der Waals surface area contributed by atoms with Gasteiger partial charge < -0.3 is 19.8 Å². The minimum absolute atomic E-state index is 0.0438. The Bertz CT molecular complexity index is 1660. The molecule has 0 atom stereocenters. The summed E-state index contributed by atoms with van der Waals surface area (Å²) in [4.78, 5) is 42.5. The van der Waals surface area contributed by atoms with E-state index in [2.05, 4.69) is 15.6 Å². The molecule has 220 valence electrons. The zero-order chi connectivity index (χ0) is 30.8. The molecule has 2 heterocycles. The van der Waals surface area contributed by atoms with Crippen molar-refractivity contribution in [3.63, 3.8) is 0 Å². The number of methoxy groups -OCH3 is 1. The monoisotopic (exact) mass is 585 g/mol. The number of halogens is 4. The molecule has 0 aliphatic rings. The maximum absolute atomic E-state index is 13.6. The number of pyridine rings is 1. The predicted octanol–water partition coefficient (Wildman–Crippen LogP) is 6.41. The second-order valence-electron chi connectivity index (χ2n) is 10.2. The quantitative estimate of drug-likeness (QED) is 0.133. The number of carbonyl (C=O) groups is 3. The first-order valence-electron chi connectivity index (χ1n) is 12.7. The van der Waals surface area contributed by atoms with Crippen molar-refractivity contribution in [3.8, 4) is 22.5 Å². The number of nitrogens with zero attached hydrogens (tertiary/aromatic N) is 1. The number of carbonyl (C=O) groups excluding carboxylic acids is 3. The first kappa shape index (κ1) is 30.2. The van der Waals surface area contributed by atoms with Gasteiger partial charge in [0.1, 0.15) is 23.9 Å². The van der Waals surface area contributed by atoms with E-state index in [-0.39, 0.29) is 51.6 Å². The van der Waals surface area contributed by atoms with E-state index in [0.717, 1.165) is 0 Å². The number of amides is 1. The third-order valence-electron chi connectivity index (χ3n) is 6.54. The number of benzene rings is 2. The van der Waals surface area contributed by atoms with Gasteiger partial charge in [-0.05, 0) is 55.8 Å². The molecule has 0 radical (unpaired) electrons. The van der Waals surface area contributed by atoms with Crippen LogP contribution in [-0.4, -0.2) is 49.5 Å². The van der Waals surface area contributed by atoms with E-state index in [9.17, 15) is 31.9 Å². The van der Waals surface area contributed by atoms with E-state index in [1.54, 1.807) is 26.0 Å². The average molecular weight is 586 g/mol. The van der Waals surface area contributed by atoms with Crippen molar-refractivity contribution in [2.45, 2.75) is 26.4 Å². The fourth-order valence-corrected chi connectivity index (χ4v) is 4.43. The lowest BCUT2D eigenvalue weighted by atomic mass is 9.85. The van der Waals surface area contributed by atoms with Gasteiger partial charge in [-0.1, -0.05) is 18.2 Å². The summed E-state index contributed by atoms with van der Waals surface area (Å²) in [7, 11) is 2.62. The second kappa shape index (κ2) is 11.6. The van der Waals surface area contributed by atoms with Crippen LogP contribution in [0, 0.1) is 11.2 Å². The molecule has 2 aromatic heterocycles. The Morgan fingerprint density at radius 2 is 1.69 bits per heavy atom. The zero-order valence-electron chi connectivity index (χ0n) is 23.1. The summed E-state index contributed by atoms with van der Waals surface area (Å²) in [5.74, 6) is -2.20. The first-order valence-corrected chi connectivity index (χ1v) is 12.7. The fourth-order valence-electron chi connectivity index (χ4n) is 4.43. The number of furan rings is 1. The van der Waals surface area contributed by atoms with Crippen LogP contribution < -0.4 is 10.6 Å². The van der Waals surface area contributed by atoms with E-state index >= 15 is 0 Å². The number of nitrogens with one attached hydrogen (secondary N) is 2. The lowest BCUT2D eigenvalue weighted by Gasteiger charge is -2.20. The van der Waals surface area contributed by atoms with Crippen LogP contribution in [0.1, 0.15) is 41.0 Å². The zero-order valence-corrected chi connectivity index (χ0v) is 23.1. The van der Waals surface area contributed by atoms with Crippen LogP contribution in [0.25, 0.3) is 33.6 Å². The third kappa shape index (κ3) is 6.42. The van der Waals surface area contributed by atoms with Gasteiger partial charge in [0, 0.05) is 30.2 Å². The largest absolute Gasteiger partial charge is 0.469 e. The molecule has 1 amide bonds. The Balaban J connectivity index is 1.89. The van der Waals surface area contributed by atoms with Crippen molar-refractivity contribution in [1.82, 2.24) is 10.3 Å². The van der Waals surface area contributed by atoms with E-state index < -0.39 is 35.8 Å². The van der Waals surface area contributed by atoms with Gasteiger partial charge in [-0.15, -0.1) is 0 Å². The molecule has 4 rings (SSSR count). The van der Waals surface area contributed by atoms with Gasteiger partial charge in [0.2, 0.25) is 5.71 Å². The van der Waals surface area contributed by atoms with Crippen LogP contribution in [-0.2, 0) is 9.53 Å². The average Bonchev–Trinajstić information content (AvgIpc) is 3.32. The molecule has 2 N–H and O–H groups in total. The Morgan fingerprint density at radius 1 is 1.00 bits per heavy atom. The molecule has 2 aromatic carbocycles. The van der Waals surface area contributed by atoms with Gasteiger partial charge in [-0.3, -0.25) is 14.4 Å². The van der Waals surface area contributed by atoms with Crippen molar-refractivity contribution in [2.75, 3.05) is 26.0 Å². The fraction of sp³-hybridized carbons (Fsp3) is 0.267. The van der Waals surface area contributed by atoms with Gasteiger partial charge >= 0.3 is 12.1 Å². The minimum Gasteiger partial charge on any atom is -0.469 e. The van der Waals surface area contributed by atoms with Gasteiger partial charge in [0.25, 0.3) is 5.91 Å². The molecule has 0 aliphatic carbocycles. The van der Waals surface area contributed by atoms with Crippen LogP contribution >= 0.6 is 0 Å². The second-order valence-corrected chi connectivity index (χ2v) is 10.2. The number of hydrogen-bond acceptors (Lipinski definition) is 7. The molecule has 0 bridgehead atoms. The summed E-state index contributed by atoms with van der Waals surface area (Å²) >= 11 is 0. The van der Waals surface area contributed by atoms with Crippen molar-refractivity contribution in [1.29, 1.82) is 0 Å². The summed E-state index contributed by atoms with van der Waals surface area (Å²) in [6.45, 7) is 1.71. The maximum atomic E-state index is 13.6. The van der Waals surface area contributed by atoms with E-state index in [4.69, 9.17) is 9.15 Å². The summed E-state index contributed by atoms with van der Waals surface area (Å²) in [6.07, 6.45) is -4.76. The standard InChI is InChI=1S/C30H27F4N3O5/c1-29(2,28(40)41-4)14-22(38)18-7-5-6-17(12-18)20-13-21-23(26(39)35-3)24(16-8-10-19(31)11-9-16)42-27(21)37-25(20)36-15-30(32,33)34/h5-13H,14-15H2,1-4H3,(H,35,39)(H,36,37). The van der Waals surface area contributed by atoms with Crippen molar-refractivity contribution >= 4 is 34.6 Å². The number of hydrogen-bond donors (Lipinski definition) is 2. The first-order chi connectivity index (χ1) is 19.7. The molecule has 0 unspecified atom stereocenters. The SMILES string of the molecule is CNC(=O)c1c(-c2ccc(F)cc2)oc2nc(NCC(F)(F)F)c(-c3cccc(C(=O)CC(C)(C)C(=O)OC)c3)cc12. The molecule has 12 heteroatoms. The number of esters is 1. The molecular weight excluding hydrogens is 558 g/mol. The molecule has 0 fully saturated rings. The van der Waals surface area contributed by atoms with E-state index in [1.807, 2.05) is 0 Å². The van der Waals surface area contributed by atoms with Crippen molar-refractivity contribution < 1.29 is 41.1 Å². The Labute approximate surface area is 238 Å². The molecule has 4 aromatic rings. The Hall–Kier alpha value is -4.74. The van der Waals surface area contributed by atoms with Gasteiger partial charge in [0.05, 0.1) is 23.5 Å². The molecule has 0 aliphatic heterocycles. The number of rotatable bonds is 9. The summed E-state index contributed by atoms with van der Waals surface area (Å²) < 4.78 is 63.8. The third-order valence-corrected chi connectivity index (χ3v) is 6.54. The lowest BCUT2D eigenvalue weighted by Crippen LogP contribution is -2.28. The highest BCUT2D eigenvalue weighted by atomic mass is 19.4. The van der Waals surface area contributed by atoms with Gasteiger partial charge in [0.15, 0.2) is 5.78 Å². The smallest absolute Gasteiger partial charge is 0.405 e. The number of aromatic nitrogens is 1. The highest BCUT2D eigenvalue weighted by molar-refractivity contribution is 6.11. The summed E-state index contributed by atoms with van der Waals surface area (Å²) in [5, 5.41) is 4.98. The molecule has 0 spiro atoms. The predicted molar refractivity (Wildman–Crippen MR) is 148 cm³/mol. The number of anilines is 1. The maximum Gasteiger partial charge on any atom is 0.405 e. The van der Waals surface area contributed by atoms with Crippen LogP contribution in [0.4, 0.5) is 23.4 Å². The Morgan fingerprint density at radius 3 is 2.31 bits per heavy atom. The van der Waals surface area contributed by atoms with Crippen molar-refractivity contribution in [3.05, 3.63) is 71.5 Å². The number of ether oxygens (including phenoxy) is 1. The molecule has 8 nitrogen and oxygen atoms in total. The number of ketones is 1. The number of alkyl halides is 3. The van der Waals surface area contributed by atoms with Gasteiger partial charge in [-0.2, -0.15) is 18.2 Å². The highest BCUT2D eigenvalue weighted by Gasteiger charge is 2.32. The van der Waals surface area contributed by atoms with E-state index in [0.29, 0.717) is 11.1 Å². The molecule has 0 saturated heterocycles. The molecule has 0 saturated carbocycles. The van der Waals surface area contributed by atoms with Crippen molar-refractivity contribution in [2.24, 2.45) is 5.41 Å². The van der Waals surface area contributed by atoms with E-state index in [1.165, 1.54) is 56.6 Å². The van der Waals surface area contributed by atoms with Crippen LogP contribution in [0.15, 0.2) is 59.0 Å². The normalized spacial score (nSPS) is 11.8. The molecular formula is C30H27F4N3O5. The molecule has 42 heavy (non-hydrogen) atoms. The number of Topliss-reactive ketones (excluding diaryl/α,β-unsaturated/α-hetero) is 1. The van der Waals surface area contributed by atoms with Crippen LogP contribution in [0.3, 0.4) is 0 Å². The topological polar surface area (TPSA) is 111 Å². The summed E-state index contributed by atoms with van der Waals surface area (Å²) in [5.41, 5.74) is -0.168. The number of fused-ring (bicyclic) bond motifs is 1.